The van der Waals surface area contributed by atoms with Gasteiger partial charge in [0.2, 0.25) is 18.6 Å². The zero-order valence-electron chi connectivity index (χ0n) is 15.7. The summed E-state index contributed by atoms with van der Waals surface area (Å²) in [6.45, 7) is 1.85. The van der Waals surface area contributed by atoms with Crippen LogP contribution < -0.4 is 25.0 Å². The largest absolute Gasteiger partial charge is 0.497 e. The first-order valence-corrected chi connectivity index (χ1v) is 8.68. The van der Waals surface area contributed by atoms with Gasteiger partial charge in [-0.2, -0.15) is 5.10 Å². The van der Waals surface area contributed by atoms with Crippen LogP contribution in [-0.2, 0) is 16.0 Å². The molecule has 3 rings (SSSR count). The molecular weight excluding hydrogens is 362 g/mol. The lowest BCUT2D eigenvalue weighted by atomic mass is 10.1. The number of ether oxygens (including phenoxy) is 3. The van der Waals surface area contributed by atoms with E-state index < -0.39 is 0 Å². The van der Waals surface area contributed by atoms with Crippen LogP contribution in [0.2, 0.25) is 0 Å². The molecule has 28 heavy (non-hydrogen) atoms. The Balaban J connectivity index is 1.46. The van der Waals surface area contributed by atoms with E-state index in [1.807, 2.05) is 12.1 Å². The Labute approximate surface area is 162 Å². The Kier molecular flexibility index (Phi) is 6.11. The summed E-state index contributed by atoms with van der Waals surface area (Å²) < 4.78 is 15.6. The van der Waals surface area contributed by atoms with Crippen LogP contribution in [0.15, 0.2) is 47.6 Å². The second-order valence-electron chi connectivity index (χ2n) is 6.20. The van der Waals surface area contributed by atoms with Gasteiger partial charge in [0.05, 0.1) is 20.0 Å². The molecule has 1 aliphatic rings. The van der Waals surface area contributed by atoms with E-state index >= 15 is 0 Å². The summed E-state index contributed by atoms with van der Waals surface area (Å²) >= 11 is 0. The molecular formula is C20H21N3O5. The van der Waals surface area contributed by atoms with Crippen molar-refractivity contribution in [1.29, 1.82) is 0 Å². The van der Waals surface area contributed by atoms with Gasteiger partial charge in [-0.15, -0.1) is 0 Å². The monoisotopic (exact) mass is 383 g/mol. The molecule has 146 valence electrons. The van der Waals surface area contributed by atoms with Crippen molar-refractivity contribution in [3.63, 3.8) is 0 Å². The van der Waals surface area contributed by atoms with Gasteiger partial charge < -0.3 is 19.5 Å². The average Bonchev–Trinajstić information content (AvgIpc) is 3.15. The van der Waals surface area contributed by atoms with Gasteiger partial charge in [0.25, 0.3) is 0 Å². The fourth-order valence-electron chi connectivity index (χ4n) is 2.58. The zero-order valence-corrected chi connectivity index (χ0v) is 15.7. The zero-order chi connectivity index (χ0) is 19.9. The first-order valence-electron chi connectivity index (χ1n) is 8.68. The number of carbonyl (C=O) groups excluding carboxylic acids is 2. The third-order valence-corrected chi connectivity index (χ3v) is 3.97. The van der Waals surface area contributed by atoms with E-state index in [2.05, 4.69) is 15.8 Å². The SMILES string of the molecule is COc1ccc(CC(=O)N/N=C(/C)CC(=O)Nc2ccc3c(c2)OCO3)cc1. The Morgan fingerprint density at radius 1 is 1.07 bits per heavy atom. The van der Waals surface area contributed by atoms with Crippen molar-refractivity contribution in [3.8, 4) is 17.2 Å². The number of carbonyl (C=O) groups is 2. The van der Waals surface area contributed by atoms with E-state index in [1.54, 1.807) is 44.4 Å². The number of fused-ring (bicyclic) bond motifs is 1. The molecule has 8 nitrogen and oxygen atoms in total. The summed E-state index contributed by atoms with van der Waals surface area (Å²) in [6.07, 6.45) is 0.238. The minimum Gasteiger partial charge on any atom is -0.497 e. The van der Waals surface area contributed by atoms with Crippen molar-refractivity contribution in [2.75, 3.05) is 19.2 Å². The molecule has 0 spiro atoms. The lowest BCUT2D eigenvalue weighted by Gasteiger charge is -2.07. The minimum atomic E-state index is -0.263. The number of anilines is 1. The molecule has 2 amide bonds. The van der Waals surface area contributed by atoms with Crippen molar-refractivity contribution >= 4 is 23.2 Å². The molecule has 0 saturated heterocycles. The van der Waals surface area contributed by atoms with Gasteiger partial charge in [-0.05, 0) is 36.8 Å². The van der Waals surface area contributed by atoms with Crippen molar-refractivity contribution in [3.05, 3.63) is 48.0 Å². The molecule has 1 aliphatic heterocycles. The molecule has 2 N–H and O–H groups in total. The lowest BCUT2D eigenvalue weighted by Crippen LogP contribution is -2.22. The van der Waals surface area contributed by atoms with Crippen molar-refractivity contribution in [1.82, 2.24) is 5.43 Å². The van der Waals surface area contributed by atoms with E-state index in [1.165, 1.54) is 0 Å². The first-order chi connectivity index (χ1) is 13.5. The lowest BCUT2D eigenvalue weighted by molar-refractivity contribution is -0.120. The van der Waals surface area contributed by atoms with Crippen LogP contribution in [0.25, 0.3) is 0 Å². The molecule has 2 aromatic rings. The van der Waals surface area contributed by atoms with Gasteiger partial charge in [0.1, 0.15) is 5.75 Å². The molecule has 8 heteroatoms. The summed E-state index contributed by atoms with van der Waals surface area (Å²) in [5.74, 6) is 1.46. The van der Waals surface area contributed by atoms with E-state index in [4.69, 9.17) is 14.2 Å². The minimum absolute atomic E-state index is 0.0528. The number of nitrogens with one attached hydrogen (secondary N) is 2. The van der Waals surface area contributed by atoms with Crippen LogP contribution >= 0.6 is 0 Å². The Hall–Kier alpha value is -3.55. The summed E-state index contributed by atoms with van der Waals surface area (Å²) in [6, 6.07) is 12.4. The van der Waals surface area contributed by atoms with Crippen LogP contribution in [0.5, 0.6) is 17.2 Å². The van der Waals surface area contributed by atoms with Crippen molar-refractivity contribution in [2.24, 2.45) is 5.10 Å². The van der Waals surface area contributed by atoms with Gasteiger partial charge in [-0.3, -0.25) is 9.59 Å². The number of hydrogen-bond acceptors (Lipinski definition) is 6. The van der Waals surface area contributed by atoms with E-state index in [0.29, 0.717) is 22.9 Å². The number of benzene rings is 2. The maximum absolute atomic E-state index is 12.1. The van der Waals surface area contributed by atoms with E-state index in [0.717, 1.165) is 11.3 Å². The number of rotatable bonds is 7. The van der Waals surface area contributed by atoms with Gasteiger partial charge in [-0.1, -0.05) is 12.1 Å². The van der Waals surface area contributed by atoms with Crippen molar-refractivity contribution in [2.45, 2.75) is 19.8 Å². The fourth-order valence-corrected chi connectivity index (χ4v) is 2.58. The molecule has 1 heterocycles. The fraction of sp³-hybridized carbons (Fsp3) is 0.250. The molecule has 0 bridgehead atoms. The second-order valence-corrected chi connectivity index (χ2v) is 6.20. The first kappa shape index (κ1) is 19.2. The Morgan fingerprint density at radius 3 is 2.57 bits per heavy atom. The summed E-state index contributed by atoms with van der Waals surface area (Å²) in [7, 11) is 1.59. The number of amides is 2. The van der Waals surface area contributed by atoms with Gasteiger partial charge in [0.15, 0.2) is 11.5 Å². The summed E-state index contributed by atoms with van der Waals surface area (Å²) in [4.78, 5) is 24.1. The summed E-state index contributed by atoms with van der Waals surface area (Å²) in [5, 5.41) is 6.74. The molecule has 0 atom stereocenters. The molecule has 0 unspecified atom stereocenters. The van der Waals surface area contributed by atoms with Gasteiger partial charge in [0, 0.05) is 17.5 Å². The van der Waals surface area contributed by atoms with Gasteiger partial charge in [-0.25, -0.2) is 5.43 Å². The highest BCUT2D eigenvalue weighted by atomic mass is 16.7. The predicted octanol–water partition coefficient (Wildman–Crippen LogP) is 2.49. The maximum Gasteiger partial charge on any atom is 0.244 e. The highest BCUT2D eigenvalue weighted by Gasteiger charge is 2.14. The van der Waals surface area contributed by atoms with Crippen LogP contribution in [0.1, 0.15) is 18.9 Å². The third-order valence-electron chi connectivity index (χ3n) is 3.97. The normalized spacial score (nSPS) is 12.4. The number of methoxy groups -OCH3 is 1. The number of hydrazone groups is 1. The van der Waals surface area contributed by atoms with Crippen LogP contribution in [-0.4, -0.2) is 31.4 Å². The second kappa shape index (κ2) is 8.90. The van der Waals surface area contributed by atoms with Gasteiger partial charge >= 0.3 is 0 Å². The number of nitrogens with zero attached hydrogens (tertiary/aromatic N) is 1. The van der Waals surface area contributed by atoms with E-state index in [9.17, 15) is 9.59 Å². The van der Waals surface area contributed by atoms with Crippen LogP contribution in [0.3, 0.4) is 0 Å². The molecule has 0 aliphatic carbocycles. The quantitative estimate of drug-likeness (QED) is 0.565. The maximum atomic E-state index is 12.1. The Morgan fingerprint density at radius 2 is 1.82 bits per heavy atom. The van der Waals surface area contributed by atoms with Crippen molar-refractivity contribution < 1.29 is 23.8 Å². The standard InChI is InChI=1S/C20H21N3O5/c1-13(22-23-20(25)10-14-3-6-16(26-2)7-4-14)9-19(24)21-15-5-8-17-18(11-15)28-12-27-17/h3-8,11H,9-10,12H2,1-2H3,(H,21,24)(H,23,25)/b22-13-. The Bertz CT molecular complexity index is 893. The molecule has 0 radical (unpaired) electrons. The molecule has 0 saturated carbocycles. The molecule has 0 fully saturated rings. The average molecular weight is 383 g/mol. The van der Waals surface area contributed by atoms with Crippen LogP contribution in [0, 0.1) is 0 Å². The smallest absolute Gasteiger partial charge is 0.244 e. The van der Waals surface area contributed by atoms with Crippen LogP contribution in [0.4, 0.5) is 5.69 Å². The van der Waals surface area contributed by atoms with E-state index in [-0.39, 0.29) is 31.4 Å². The number of hydrogen-bond donors (Lipinski definition) is 2. The highest BCUT2D eigenvalue weighted by Crippen LogP contribution is 2.34. The molecule has 2 aromatic carbocycles. The topological polar surface area (TPSA) is 98.2 Å². The predicted molar refractivity (Wildman–Crippen MR) is 104 cm³/mol. The highest BCUT2D eigenvalue weighted by molar-refractivity contribution is 6.05. The summed E-state index contributed by atoms with van der Waals surface area (Å²) in [5.41, 5.74) is 4.39. The molecule has 0 aromatic heterocycles. The third kappa shape index (κ3) is 5.23.